The zero-order chi connectivity index (χ0) is 23.8. The highest BCUT2D eigenvalue weighted by molar-refractivity contribution is 7.99. The van der Waals surface area contributed by atoms with Crippen LogP contribution in [0.5, 0.6) is 0 Å². The predicted molar refractivity (Wildman–Crippen MR) is 140 cm³/mol. The van der Waals surface area contributed by atoms with Crippen LogP contribution in [0.4, 0.5) is 10.5 Å². The fourth-order valence-electron chi connectivity index (χ4n) is 6.76. The van der Waals surface area contributed by atoms with Crippen LogP contribution < -0.4 is 10.7 Å². The lowest BCUT2D eigenvalue weighted by Gasteiger charge is -2.57. The molecule has 4 aliphatic carbocycles. The maximum absolute atomic E-state index is 12.3. The number of nitrogens with one attached hydrogen (secondary N) is 2. The van der Waals surface area contributed by atoms with Crippen molar-refractivity contribution in [1.82, 2.24) is 5.43 Å². The van der Waals surface area contributed by atoms with Crippen LogP contribution in [-0.4, -0.2) is 12.2 Å². The van der Waals surface area contributed by atoms with E-state index in [0.717, 1.165) is 33.4 Å². The average Bonchev–Trinajstić information content (AvgIpc) is 3.27. The molecule has 3 aromatic rings. The van der Waals surface area contributed by atoms with Gasteiger partial charge in [0.1, 0.15) is 5.76 Å². The fourth-order valence-corrected chi connectivity index (χ4v) is 7.67. The topological polar surface area (TPSA) is 66.6 Å². The second-order valence-corrected chi connectivity index (χ2v) is 11.8. The first-order chi connectivity index (χ1) is 17.0. The third-order valence-corrected chi connectivity index (χ3v) is 8.97. The molecule has 4 aliphatic rings. The molecule has 4 bridgehead atoms. The Morgan fingerprint density at radius 1 is 0.943 bits per heavy atom. The SMILES string of the molecule is O=C(N/N=C/c1ccc(Sc2ccc(Cl)cc2)o1)Nc1ccc(C23CC4CC(CC(C4)C2)C3)cc1. The summed E-state index contributed by atoms with van der Waals surface area (Å²) in [5.74, 6) is 3.32. The van der Waals surface area contributed by atoms with Crippen LogP contribution in [0.1, 0.15) is 49.8 Å². The normalized spacial score (nSPS) is 26.8. The minimum Gasteiger partial charge on any atom is -0.448 e. The smallest absolute Gasteiger partial charge is 0.339 e. The fraction of sp³-hybridized carbons (Fsp3) is 0.357. The number of benzene rings is 2. The molecule has 2 N–H and O–H groups in total. The molecular formula is C28H28ClN3O2S. The summed E-state index contributed by atoms with van der Waals surface area (Å²) in [6.45, 7) is 0. The van der Waals surface area contributed by atoms with E-state index in [1.54, 1.807) is 0 Å². The number of urea groups is 1. The van der Waals surface area contributed by atoms with Crippen molar-refractivity contribution < 1.29 is 9.21 Å². The molecule has 1 heterocycles. The molecule has 0 unspecified atom stereocenters. The summed E-state index contributed by atoms with van der Waals surface area (Å²) in [5.41, 5.74) is 5.09. The summed E-state index contributed by atoms with van der Waals surface area (Å²) in [5, 5.41) is 8.30. The summed E-state index contributed by atoms with van der Waals surface area (Å²) in [4.78, 5) is 13.3. The Hall–Kier alpha value is -2.70. The molecule has 2 aromatic carbocycles. The largest absolute Gasteiger partial charge is 0.448 e. The second-order valence-electron chi connectivity index (χ2n) is 10.3. The van der Waals surface area contributed by atoms with Crippen molar-refractivity contribution >= 4 is 41.3 Å². The lowest BCUT2D eigenvalue weighted by Crippen LogP contribution is -2.48. The van der Waals surface area contributed by atoms with E-state index in [9.17, 15) is 4.79 Å². The summed E-state index contributed by atoms with van der Waals surface area (Å²) in [7, 11) is 0. The van der Waals surface area contributed by atoms with Crippen LogP contribution in [0.3, 0.4) is 0 Å². The van der Waals surface area contributed by atoms with Gasteiger partial charge in [-0.25, -0.2) is 10.2 Å². The standard InChI is InChI=1S/C28H28ClN3O2S/c29-22-3-8-25(9-4-22)35-26-10-7-24(34-26)17-30-32-27(33)31-23-5-1-21(2-6-23)28-14-18-11-19(15-28)13-20(12-18)16-28/h1-10,17-20H,11-16H2,(H2,31,32,33)/b30-17+. The van der Waals surface area contributed by atoms with Crippen molar-refractivity contribution in [1.29, 1.82) is 0 Å². The minimum absolute atomic E-state index is 0.369. The van der Waals surface area contributed by atoms with Crippen LogP contribution in [0.25, 0.3) is 0 Å². The van der Waals surface area contributed by atoms with Gasteiger partial charge in [-0.2, -0.15) is 5.10 Å². The second kappa shape index (κ2) is 9.40. The minimum atomic E-state index is -0.383. The van der Waals surface area contributed by atoms with Crippen LogP contribution in [0.15, 0.2) is 80.2 Å². The van der Waals surface area contributed by atoms with E-state index in [1.165, 1.54) is 62.1 Å². The molecule has 0 aliphatic heterocycles. The van der Waals surface area contributed by atoms with E-state index in [4.69, 9.17) is 16.0 Å². The maximum Gasteiger partial charge on any atom is 0.339 e. The molecule has 2 amide bonds. The predicted octanol–water partition coefficient (Wildman–Crippen LogP) is 7.71. The molecule has 7 heteroatoms. The van der Waals surface area contributed by atoms with E-state index in [2.05, 4.69) is 28.0 Å². The zero-order valence-corrected chi connectivity index (χ0v) is 20.9. The Labute approximate surface area is 214 Å². The Morgan fingerprint density at radius 2 is 1.60 bits per heavy atom. The highest BCUT2D eigenvalue weighted by Crippen LogP contribution is 2.60. The van der Waals surface area contributed by atoms with Gasteiger partial charge in [-0.1, -0.05) is 35.5 Å². The number of hydrazone groups is 1. The summed E-state index contributed by atoms with van der Waals surface area (Å²) in [6, 6.07) is 19.3. The first kappa shape index (κ1) is 22.7. The number of halogens is 1. The van der Waals surface area contributed by atoms with E-state index >= 15 is 0 Å². The lowest BCUT2D eigenvalue weighted by molar-refractivity contribution is -0.00518. The molecule has 1 aromatic heterocycles. The molecule has 7 rings (SSSR count). The third-order valence-electron chi connectivity index (χ3n) is 7.79. The van der Waals surface area contributed by atoms with Crippen LogP contribution in [-0.2, 0) is 5.41 Å². The molecule has 4 saturated carbocycles. The van der Waals surface area contributed by atoms with Crippen LogP contribution in [0, 0.1) is 17.8 Å². The number of nitrogens with zero attached hydrogens (tertiary/aromatic N) is 1. The van der Waals surface area contributed by atoms with Crippen molar-refractivity contribution in [2.45, 2.75) is 53.9 Å². The van der Waals surface area contributed by atoms with Gasteiger partial charge < -0.3 is 9.73 Å². The van der Waals surface area contributed by atoms with Gasteiger partial charge in [-0.15, -0.1) is 0 Å². The molecular weight excluding hydrogens is 478 g/mol. The number of furan rings is 1. The highest BCUT2D eigenvalue weighted by atomic mass is 35.5. The molecule has 4 fully saturated rings. The number of hydrogen-bond donors (Lipinski definition) is 2. The Morgan fingerprint density at radius 3 is 2.26 bits per heavy atom. The Balaban J connectivity index is 1.02. The Bertz CT molecular complexity index is 1200. The first-order valence-corrected chi connectivity index (χ1v) is 13.5. The summed E-state index contributed by atoms with van der Waals surface area (Å²) >= 11 is 7.42. The Kier molecular flexibility index (Phi) is 6.11. The van der Waals surface area contributed by atoms with Gasteiger partial charge in [0.2, 0.25) is 0 Å². The molecule has 0 spiro atoms. The number of amides is 2. The number of carbonyl (C=O) groups excluding carboxylic acids is 1. The van der Waals surface area contributed by atoms with Crippen LogP contribution >= 0.6 is 23.4 Å². The van der Waals surface area contributed by atoms with Crippen molar-refractivity contribution in [3.05, 3.63) is 77.0 Å². The van der Waals surface area contributed by atoms with E-state index < -0.39 is 0 Å². The van der Waals surface area contributed by atoms with E-state index in [1.807, 2.05) is 48.5 Å². The highest BCUT2D eigenvalue weighted by Gasteiger charge is 2.51. The van der Waals surface area contributed by atoms with Gasteiger partial charge in [0.25, 0.3) is 0 Å². The number of carbonyl (C=O) groups is 1. The van der Waals surface area contributed by atoms with Crippen molar-refractivity contribution in [3.8, 4) is 0 Å². The van der Waals surface area contributed by atoms with Gasteiger partial charge in [0.05, 0.1) is 6.21 Å². The zero-order valence-electron chi connectivity index (χ0n) is 19.4. The number of anilines is 1. The van der Waals surface area contributed by atoms with Crippen molar-refractivity contribution in [3.63, 3.8) is 0 Å². The van der Waals surface area contributed by atoms with Gasteiger partial charge in [-0.3, -0.25) is 0 Å². The summed E-state index contributed by atoms with van der Waals surface area (Å²) < 4.78 is 5.74. The monoisotopic (exact) mass is 505 g/mol. The van der Waals surface area contributed by atoms with Crippen molar-refractivity contribution in [2.24, 2.45) is 22.9 Å². The molecule has 180 valence electrons. The third kappa shape index (κ3) is 5.00. The number of rotatable bonds is 6. The van der Waals surface area contributed by atoms with Crippen molar-refractivity contribution in [2.75, 3.05) is 5.32 Å². The molecule has 0 radical (unpaired) electrons. The maximum atomic E-state index is 12.3. The van der Waals surface area contributed by atoms with E-state index in [0.29, 0.717) is 16.2 Å². The molecule has 35 heavy (non-hydrogen) atoms. The van der Waals surface area contributed by atoms with Gasteiger partial charge in [0.15, 0.2) is 5.09 Å². The van der Waals surface area contributed by atoms with Gasteiger partial charge in [-0.05, 0) is 116 Å². The molecule has 5 nitrogen and oxygen atoms in total. The quantitative estimate of drug-likeness (QED) is 0.266. The van der Waals surface area contributed by atoms with Gasteiger partial charge in [0, 0.05) is 15.6 Å². The molecule has 0 saturated heterocycles. The number of hydrogen-bond acceptors (Lipinski definition) is 4. The van der Waals surface area contributed by atoms with Gasteiger partial charge >= 0.3 is 6.03 Å². The molecule has 0 atom stereocenters. The average molecular weight is 506 g/mol. The van der Waals surface area contributed by atoms with Crippen LogP contribution in [0.2, 0.25) is 5.02 Å². The first-order valence-electron chi connectivity index (χ1n) is 12.3. The van der Waals surface area contributed by atoms with E-state index in [-0.39, 0.29) is 6.03 Å². The lowest BCUT2D eigenvalue weighted by atomic mass is 9.48. The summed E-state index contributed by atoms with van der Waals surface area (Å²) in [6.07, 6.45) is 9.84.